The van der Waals surface area contributed by atoms with E-state index in [4.69, 9.17) is 5.26 Å². The molecule has 0 atom stereocenters. The first-order valence-electron chi connectivity index (χ1n) is 3.33. The van der Waals surface area contributed by atoms with Crippen molar-refractivity contribution in [3.8, 4) is 6.07 Å². The minimum absolute atomic E-state index is 0.415. The van der Waals surface area contributed by atoms with Gasteiger partial charge in [-0.1, -0.05) is 0 Å². The summed E-state index contributed by atoms with van der Waals surface area (Å²) in [5.74, 6) is -0.415. The van der Waals surface area contributed by atoms with Crippen LogP contribution in [0.3, 0.4) is 0 Å². The van der Waals surface area contributed by atoms with E-state index >= 15 is 0 Å². The molecule has 0 amide bonds. The van der Waals surface area contributed by atoms with Crippen molar-refractivity contribution in [2.24, 2.45) is 0 Å². The molecule has 2 rings (SSSR count). The third-order valence-corrected chi connectivity index (χ3v) is 1.65. The average Bonchev–Trinajstić information content (AvgIpc) is 2.54. The van der Waals surface area contributed by atoms with Gasteiger partial charge in [0.15, 0.2) is 5.95 Å². The highest BCUT2D eigenvalue weighted by molar-refractivity contribution is 5.59. The molecule has 0 aliphatic carbocycles. The Labute approximate surface area is 67.7 Å². The lowest BCUT2D eigenvalue weighted by Crippen LogP contribution is -1.91. The highest BCUT2D eigenvalue weighted by Crippen LogP contribution is 2.10. The van der Waals surface area contributed by atoms with Crippen molar-refractivity contribution >= 4 is 5.52 Å². The summed E-state index contributed by atoms with van der Waals surface area (Å²) in [6.07, 6.45) is 2.80. The molecule has 0 saturated carbocycles. The van der Waals surface area contributed by atoms with E-state index in [0.29, 0.717) is 11.1 Å². The van der Waals surface area contributed by atoms with Crippen molar-refractivity contribution in [2.75, 3.05) is 0 Å². The fourth-order valence-electron chi connectivity index (χ4n) is 1.08. The number of halogens is 1. The van der Waals surface area contributed by atoms with E-state index in [1.54, 1.807) is 0 Å². The molecular formula is C8H4FN3. The summed E-state index contributed by atoms with van der Waals surface area (Å²) in [5, 5.41) is 8.63. The molecule has 0 aliphatic rings. The van der Waals surface area contributed by atoms with Gasteiger partial charge < -0.3 is 0 Å². The zero-order chi connectivity index (χ0) is 8.55. The van der Waals surface area contributed by atoms with Crippen LogP contribution < -0.4 is 0 Å². The molecule has 0 aromatic carbocycles. The van der Waals surface area contributed by atoms with Crippen LogP contribution in [0.4, 0.5) is 4.39 Å². The predicted octanol–water partition coefficient (Wildman–Crippen LogP) is 1.35. The highest BCUT2D eigenvalue weighted by atomic mass is 19.1. The van der Waals surface area contributed by atoms with Crippen molar-refractivity contribution in [3.05, 3.63) is 36.2 Å². The van der Waals surface area contributed by atoms with Crippen LogP contribution in [0.15, 0.2) is 24.7 Å². The molecule has 0 saturated heterocycles. The van der Waals surface area contributed by atoms with E-state index in [1.165, 1.54) is 29.1 Å². The lowest BCUT2D eigenvalue weighted by atomic mass is 10.2. The van der Waals surface area contributed by atoms with Gasteiger partial charge in [-0.05, 0) is 12.1 Å². The van der Waals surface area contributed by atoms with E-state index in [-0.39, 0.29) is 0 Å². The zero-order valence-corrected chi connectivity index (χ0v) is 6.03. The topological polar surface area (TPSA) is 41.1 Å². The Bertz CT molecular complexity index is 467. The van der Waals surface area contributed by atoms with Gasteiger partial charge in [-0.15, -0.1) is 0 Å². The van der Waals surface area contributed by atoms with E-state index in [2.05, 4.69) is 4.98 Å². The van der Waals surface area contributed by atoms with Gasteiger partial charge in [-0.3, -0.25) is 4.40 Å². The fourth-order valence-corrected chi connectivity index (χ4v) is 1.08. The molecule has 0 unspecified atom stereocenters. The van der Waals surface area contributed by atoms with Gasteiger partial charge >= 0.3 is 0 Å². The van der Waals surface area contributed by atoms with E-state index in [9.17, 15) is 4.39 Å². The number of rotatable bonds is 0. The van der Waals surface area contributed by atoms with Crippen molar-refractivity contribution in [1.82, 2.24) is 9.38 Å². The maximum absolute atomic E-state index is 12.9. The van der Waals surface area contributed by atoms with Crippen LogP contribution in [0.25, 0.3) is 5.52 Å². The molecule has 2 aromatic heterocycles. The third-order valence-electron chi connectivity index (χ3n) is 1.65. The summed E-state index contributed by atoms with van der Waals surface area (Å²) in [7, 11) is 0. The Morgan fingerprint density at radius 3 is 3.08 bits per heavy atom. The first-order valence-corrected chi connectivity index (χ1v) is 3.33. The lowest BCUT2D eigenvalue weighted by Gasteiger charge is -1.96. The molecule has 2 heterocycles. The molecular weight excluding hydrogens is 157 g/mol. The smallest absolute Gasteiger partial charge is 0.199 e. The van der Waals surface area contributed by atoms with Gasteiger partial charge in [0.1, 0.15) is 12.4 Å². The number of pyridine rings is 1. The van der Waals surface area contributed by atoms with Gasteiger partial charge in [0.2, 0.25) is 0 Å². The molecule has 2 aromatic rings. The Balaban J connectivity index is 2.94. The van der Waals surface area contributed by atoms with E-state index in [1.807, 2.05) is 6.07 Å². The number of hydrogen-bond acceptors (Lipinski definition) is 2. The van der Waals surface area contributed by atoms with Gasteiger partial charge in [0, 0.05) is 0 Å². The summed E-state index contributed by atoms with van der Waals surface area (Å²) in [4.78, 5) is 3.74. The molecule has 0 spiro atoms. The zero-order valence-electron chi connectivity index (χ0n) is 6.03. The third kappa shape index (κ3) is 0.768. The summed E-state index contributed by atoms with van der Waals surface area (Å²) < 4.78 is 14.2. The number of fused-ring (bicyclic) bond motifs is 1. The number of nitrogens with zero attached hydrogens (tertiary/aromatic N) is 3. The number of hydrogen-bond donors (Lipinski definition) is 0. The van der Waals surface area contributed by atoms with Crippen molar-refractivity contribution in [1.29, 1.82) is 5.26 Å². The van der Waals surface area contributed by atoms with E-state index < -0.39 is 5.95 Å². The Hall–Kier alpha value is -1.89. The summed E-state index contributed by atoms with van der Waals surface area (Å²) >= 11 is 0. The maximum Gasteiger partial charge on any atom is 0.199 e. The van der Waals surface area contributed by atoms with Crippen LogP contribution in [0.1, 0.15) is 5.56 Å². The molecule has 12 heavy (non-hydrogen) atoms. The van der Waals surface area contributed by atoms with Gasteiger partial charge in [0.05, 0.1) is 17.3 Å². The predicted molar refractivity (Wildman–Crippen MR) is 39.9 cm³/mol. The maximum atomic E-state index is 12.9. The fraction of sp³-hybridized carbons (Fsp3) is 0. The Morgan fingerprint density at radius 2 is 2.33 bits per heavy atom. The summed E-state index contributed by atoms with van der Waals surface area (Å²) in [6.45, 7) is 0. The van der Waals surface area contributed by atoms with E-state index in [0.717, 1.165) is 0 Å². The van der Waals surface area contributed by atoms with Crippen LogP contribution >= 0.6 is 0 Å². The SMILES string of the molecule is N#Cc1ccc(F)n2cncc12. The molecule has 0 aliphatic heterocycles. The van der Waals surface area contributed by atoms with Crippen LogP contribution in [0.5, 0.6) is 0 Å². The van der Waals surface area contributed by atoms with Crippen molar-refractivity contribution in [3.63, 3.8) is 0 Å². The normalized spacial score (nSPS) is 10.0. The molecule has 58 valence electrons. The molecule has 0 bridgehead atoms. The van der Waals surface area contributed by atoms with Gasteiger partial charge in [-0.2, -0.15) is 9.65 Å². The number of aromatic nitrogens is 2. The second-order valence-electron chi connectivity index (χ2n) is 2.33. The second-order valence-corrected chi connectivity index (χ2v) is 2.33. The number of imidazole rings is 1. The Morgan fingerprint density at radius 1 is 1.50 bits per heavy atom. The van der Waals surface area contributed by atoms with Crippen LogP contribution in [-0.2, 0) is 0 Å². The first-order chi connectivity index (χ1) is 5.83. The van der Waals surface area contributed by atoms with Gasteiger partial charge in [0.25, 0.3) is 0 Å². The summed E-state index contributed by atoms with van der Waals surface area (Å²) in [6, 6.07) is 4.64. The van der Waals surface area contributed by atoms with Crippen molar-refractivity contribution in [2.45, 2.75) is 0 Å². The quantitative estimate of drug-likeness (QED) is 0.547. The molecule has 0 N–H and O–H groups in total. The standard InChI is InChI=1S/C8H4FN3/c9-8-2-1-6(3-10)7-4-11-5-12(7)8/h1-2,4-5H. The molecule has 0 radical (unpaired) electrons. The average molecular weight is 161 g/mol. The summed E-state index contributed by atoms with van der Waals surface area (Å²) in [5.41, 5.74) is 0.923. The van der Waals surface area contributed by atoms with Crippen LogP contribution in [-0.4, -0.2) is 9.38 Å². The minimum atomic E-state index is -0.415. The van der Waals surface area contributed by atoms with Crippen LogP contribution in [0, 0.1) is 17.3 Å². The molecule has 3 nitrogen and oxygen atoms in total. The van der Waals surface area contributed by atoms with Gasteiger partial charge in [-0.25, -0.2) is 4.98 Å². The Kier molecular flexibility index (Phi) is 1.31. The van der Waals surface area contributed by atoms with Crippen LogP contribution in [0.2, 0.25) is 0 Å². The molecule has 4 heteroatoms. The highest BCUT2D eigenvalue weighted by Gasteiger charge is 2.03. The number of nitriles is 1. The lowest BCUT2D eigenvalue weighted by molar-refractivity contribution is 0.567. The van der Waals surface area contributed by atoms with Crippen molar-refractivity contribution < 1.29 is 4.39 Å². The largest absolute Gasteiger partial charge is 0.274 e. The first kappa shape index (κ1) is 6.80. The minimum Gasteiger partial charge on any atom is -0.274 e. The molecule has 0 fully saturated rings. The monoisotopic (exact) mass is 161 g/mol. The second kappa shape index (κ2) is 2.31.